The Labute approximate surface area is 219 Å². The molecular formula is C26H18F10N2O2. The van der Waals surface area contributed by atoms with E-state index in [1.165, 1.54) is 49.4 Å². The largest absolute Gasteiger partial charge is 0.458 e. The summed E-state index contributed by atoms with van der Waals surface area (Å²) in [6.45, 7) is 1.50. The van der Waals surface area contributed by atoms with E-state index in [1.807, 2.05) is 0 Å². The normalized spacial score (nSPS) is 12.8. The van der Waals surface area contributed by atoms with Crippen molar-refractivity contribution in [2.75, 3.05) is 5.32 Å². The summed E-state index contributed by atoms with van der Waals surface area (Å²) in [5.74, 6) is -13.6. The van der Waals surface area contributed by atoms with E-state index in [1.54, 1.807) is 0 Å². The Balaban J connectivity index is 1.95. The van der Waals surface area contributed by atoms with Gasteiger partial charge in [0.15, 0.2) is 0 Å². The lowest BCUT2D eigenvalue weighted by Crippen LogP contribution is -2.40. The summed E-state index contributed by atoms with van der Waals surface area (Å²) < 4.78 is 134. The van der Waals surface area contributed by atoms with Crippen LogP contribution in [-0.2, 0) is 18.3 Å². The van der Waals surface area contributed by atoms with Gasteiger partial charge in [-0.2, -0.15) is 43.9 Å². The number of amides is 2. The van der Waals surface area contributed by atoms with E-state index < -0.39 is 59.1 Å². The molecule has 0 saturated heterocycles. The molecule has 0 spiro atoms. The molecule has 0 aliphatic rings. The first-order valence-corrected chi connectivity index (χ1v) is 11.1. The third kappa shape index (κ3) is 5.89. The van der Waals surface area contributed by atoms with Gasteiger partial charge >= 0.3 is 24.2 Å². The number of nitrogens with two attached hydrogens (primary N) is 1. The van der Waals surface area contributed by atoms with E-state index in [9.17, 15) is 53.5 Å². The van der Waals surface area contributed by atoms with E-state index in [-0.39, 0.29) is 34.5 Å². The van der Waals surface area contributed by atoms with Gasteiger partial charge in [-0.1, -0.05) is 36.4 Å². The van der Waals surface area contributed by atoms with Crippen LogP contribution in [0.2, 0.25) is 0 Å². The van der Waals surface area contributed by atoms with Crippen LogP contribution in [0, 0.1) is 6.92 Å². The molecular weight excluding hydrogens is 562 g/mol. The van der Waals surface area contributed by atoms with Gasteiger partial charge in [-0.25, -0.2) is 0 Å². The summed E-state index contributed by atoms with van der Waals surface area (Å²) in [6, 6.07) is 10.2. The number of primary amides is 1. The molecule has 14 heteroatoms. The molecule has 40 heavy (non-hydrogen) atoms. The molecule has 3 aromatic carbocycles. The second-order valence-corrected chi connectivity index (χ2v) is 8.71. The number of anilines is 1. The van der Waals surface area contributed by atoms with Crippen LogP contribution in [0.25, 0.3) is 0 Å². The summed E-state index contributed by atoms with van der Waals surface area (Å²) in [7, 11) is 0. The molecule has 214 valence electrons. The minimum absolute atomic E-state index is 0.0335. The van der Waals surface area contributed by atoms with Gasteiger partial charge in [-0.3, -0.25) is 9.59 Å². The van der Waals surface area contributed by atoms with Crippen molar-refractivity contribution < 1.29 is 53.5 Å². The number of hydrogen-bond acceptors (Lipinski definition) is 2. The molecule has 0 atom stereocenters. The van der Waals surface area contributed by atoms with Crippen molar-refractivity contribution in [3.8, 4) is 0 Å². The maximum atomic E-state index is 14.1. The van der Waals surface area contributed by atoms with Crippen molar-refractivity contribution in [3.63, 3.8) is 0 Å². The average molecular weight is 580 g/mol. The third-order valence-electron chi connectivity index (χ3n) is 5.86. The van der Waals surface area contributed by atoms with Crippen LogP contribution in [0.1, 0.15) is 48.5 Å². The molecule has 3 rings (SSSR count). The number of carbonyl (C=O) groups is 2. The number of carbonyl (C=O) groups excluding carboxylic acids is 2. The number of hydrogen-bond donors (Lipinski definition) is 2. The van der Waals surface area contributed by atoms with E-state index in [2.05, 4.69) is 5.32 Å². The molecule has 0 bridgehead atoms. The Morgan fingerprint density at radius 2 is 1.20 bits per heavy atom. The lowest BCUT2D eigenvalue weighted by Gasteiger charge is -2.28. The molecule has 0 unspecified atom stereocenters. The fraction of sp³-hybridized carbons (Fsp3) is 0.231. The van der Waals surface area contributed by atoms with Crippen LogP contribution < -0.4 is 11.1 Å². The zero-order valence-electron chi connectivity index (χ0n) is 20.2. The highest BCUT2D eigenvalue weighted by Crippen LogP contribution is 2.52. The molecule has 0 aliphatic carbocycles. The first-order chi connectivity index (χ1) is 18.3. The predicted octanol–water partition coefficient (Wildman–Crippen LogP) is 7.25. The van der Waals surface area contributed by atoms with Gasteiger partial charge in [-0.05, 0) is 54.3 Å². The molecule has 0 heterocycles. The molecule has 0 aromatic heterocycles. The van der Waals surface area contributed by atoms with Gasteiger partial charge < -0.3 is 11.1 Å². The van der Waals surface area contributed by atoms with E-state index in [4.69, 9.17) is 5.73 Å². The quantitative estimate of drug-likeness (QED) is 0.289. The Kier molecular flexibility index (Phi) is 7.97. The minimum atomic E-state index is -6.45. The molecule has 0 radical (unpaired) electrons. The van der Waals surface area contributed by atoms with Crippen LogP contribution in [0.4, 0.5) is 49.6 Å². The van der Waals surface area contributed by atoms with E-state index in [0.717, 1.165) is 0 Å². The Morgan fingerprint density at radius 3 is 1.73 bits per heavy atom. The monoisotopic (exact) mass is 580 g/mol. The lowest BCUT2D eigenvalue weighted by atomic mass is 9.91. The number of benzene rings is 3. The van der Waals surface area contributed by atoms with Crippen molar-refractivity contribution in [1.82, 2.24) is 0 Å². The van der Waals surface area contributed by atoms with Crippen LogP contribution in [-0.4, -0.2) is 24.2 Å². The molecule has 0 fully saturated rings. The summed E-state index contributed by atoms with van der Waals surface area (Å²) in [5, 5.41) is 2.54. The summed E-state index contributed by atoms with van der Waals surface area (Å²) >= 11 is 0. The maximum absolute atomic E-state index is 14.1. The van der Waals surface area contributed by atoms with E-state index >= 15 is 0 Å². The first-order valence-electron chi connectivity index (χ1n) is 11.1. The second-order valence-electron chi connectivity index (χ2n) is 8.71. The average Bonchev–Trinajstić information content (AvgIpc) is 2.84. The SMILES string of the molecule is Cc1cc(Cc2ccc(C(F)(F)C(F)(F)F)c(C(F)(F)C(F)(F)F)c2)ccc1NC(=O)c1ccccc1C(N)=O. The number of halogens is 10. The zero-order chi connectivity index (χ0) is 30.3. The van der Waals surface area contributed by atoms with Crippen molar-refractivity contribution in [2.24, 2.45) is 5.73 Å². The summed E-state index contributed by atoms with van der Waals surface area (Å²) in [4.78, 5) is 24.2. The van der Waals surface area contributed by atoms with Crippen molar-refractivity contribution in [3.05, 3.63) is 99.6 Å². The van der Waals surface area contributed by atoms with Crippen molar-refractivity contribution >= 4 is 17.5 Å². The molecule has 3 N–H and O–H groups in total. The first kappa shape index (κ1) is 30.4. The number of alkyl halides is 10. The Morgan fingerprint density at radius 1 is 0.700 bits per heavy atom. The van der Waals surface area contributed by atoms with Crippen molar-refractivity contribution in [1.29, 1.82) is 0 Å². The van der Waals surface area contributed by atoms with Crippen LogP contribution in [0.15, 0.2) is 60.7 Å². The predicted molar refractivity (Wildman–Crippen MR) is 123 cm³/mol. The van der Waals surface area contributed by atoms with Crippen molar-refractivity contribution in [2.45, 2.75) is 37.5 Å². The molecule has 3 aromatic rings. The van der Waals surface area contributed by atoms with Gasteiger partial charge in [0.05, 0.1) is 11.1 Å². The summed E-state index contributed by atoms with van der Waals surface area (Å²) in [5.41, 5.74) is 0.546. The van der Waals surface area contributed by atoms with Gasteiger partial charge in [0.2, 0.25) is 5.91 Å². The number of aryl methyl sites for hydroxylation is 1. The highest BCUT2D eigenvalue weighted by atomic mass is 19.4. The highest BCUT2D eigenvalue weighted by molar-refractivity contribution is 6.12. The number of nitrogens with one attached hydrogen (secondary N) is 1. The minimum Gasteiger partial charge on any atom is -0.366 e. The van der Waals surface area contributed by atoms with Gasteiger partial charge in [-0.15, -0.1) is 0 Å². The Bertz CT molecular complexity index is 1450. The Hall–Kier alpha value is -4.10. The van der Waals surface area contributed by atoms with Gasteiger partial charge in [0.25, 0.3) is 5.91 Å². The topological polar surface area (TPSA) is 72.2 Å². The molecule has 0 aliphatic heterocycles. The maximum Gasteiger partial charge on any atom is 0.458 e. The lowest BCUT2D eigenvalue weighted by molar-refractivity contribution is -0.301. The van der Waals surface area contributed by atoms with Gasteiger partial charge in [0, 0.05) is 16.8 Å². The second kappa shape index (κ2) is 10.5. The standard InChI is InChI=1S/C26H18F10N2O2/c1-13-10-14(7-9-20(13)38-22(40)17-5-3-2-4-16(17)21(37)39)11-15-6-8-18(23(27,28)25(31,32)33)19(12-15)24(29,30)26(34,35)36/h2-10,12H,11H2,1H3,(H2,37,39)(H,38,40). The van der Waals surface area contributed by atoms with Gasteiger partial charge in [0.1, 0.15) is 0 Å². The molecule has 0 saturated carbocycles. The fourth-order valence-corrected chi connectivity index (χ4v) is 3.84. The zero-order valence-corrected chi connectivity index (χ0v) is 20.2. The highest BCUT2D eigenvalue weighted by Gasteiger charge is 2.65. The fourth-order valence-electron chi connectivity index (χ4n) is 3.84. The molecule has 2 amide bonds. The smallest absolute Gasteiger partial charge is 0.366 e. The van der Waals surface area contributed by atoms with Crippen LogP contribution in [0.5, 0.6) is 0 Å². The third-order valence-corrected chi connectivity index (χ3v) is 5.86. The summed E-state index contributed by atoms with van der Waals surface area (Å²) in [6.07, 6.45) is -13.3. The molecule has 4 nitrogen and oxygen atoms in total. The van der Waals surface area contributed by atoms with Crippen LogP contribution in [0.3, 0.4) is 0 Å². The van der Waals surface area contributed by atoms with Crippen LogP contribution >= 0.6 is 0 Å². The van der Waals surface area contributed by atoms with E-state index in [0.29, 0.717) is 11.6 Å². The number of rotatable bonds is 7.